The standard InChI is InChI=1S/C22H20N4O2/c1-13-8-16(10-24-21(27)18-11-23-12-25-22(18)28)20-17(9-13)14(2)19(26-20)15-6-4-3-5-7-15/h3-9,11-12,26H,10H2,1-2H3,(H,24,27)(H,23,25,28). The molecule has 0 unspecified atom stereocenters. The van der Waals surface area contributed by atoms with Gasteiger partial charge in [0, 0.05) is 23.8 Å². The molecule has 28 heavy (non-hydrogen) atoms. The topological polar surface area (TPSA) is 90.6 Å². The maximum atomic E-state index is 12.4. The van der Waals surface area contributed by atoms with E-state index in [1.807, 2.05) is 31.2 Å². The summed E-state index contributed by atoms with van der Waals surface area (Å²) in [6.45, 7) is 4.43. The van der Waals surface area contributed by atoms with Crippen LogP contribution in [0.4, 0.5) is 0 Å². The van der Waals surface area contributed by atoms with Gasteiger partial charge in [-0.25, -0.2) is 4.98 Å². The van der Waals surface area contributed by atoms with Gasteiger partial charge in [-0.1, -0.05) is 42.0 Å². The highest BCUT2D eigenvalue weighted by atomic mass is 16.2. The molecule has 2 aromatic carbocycles. The summed E-state index contributed by atoms with van der Waals surface area (Å²) >= 11 is 0. The maximum absolute atomic E-state index is 12.4. The first-order valence-corrected chi connectivity index (χ1v) is 9.02. The van der Waals surface area contributed by atoms with E-state index in [2.05, 4.69) is 45.4 Å². The molecule has 0 aliphatic carbocycles. The largest absolute Gasteiger partial charge is 0.354 e. The van der Waals surface area contributed by atoms with Crippen LogP contribution in [0.1, 0.15) is 27.0 Å². The van der Waals surface area contributed by atoms with Crippen LogP contribution >= 0.6 is 0 Å². The van der Waals surface area contributed by atoms with Crippen molar-refractivity contribution in [1.82, 2.24) is 20.3 Å². The van der Waals surface area contributed by atoms with Gasteiger partial charge in [-0.05, 0) is 36.6 Å². The number of benzene rings is 2. The average molecular weight is 372 g/mol. The fourth-order valence-electron chi connectivity index (χ4n) is 3.47. The zero-order valence-electron chi connectivity index (χ0n) is 15.7. The Bertz CT molecular complexity index is 1220. The molecule has 0 aliphatic heterocycles. The Kier molecular flexibility index (Phi) is 4.53. The van der Waals surface area contributed by atoms with E-state index in [1.165, 1.54) is 18.1 Å². The Morgan fingerprint density at radius 2 is 1.93 bits per heavy atom. The van der Waals surface area contributed by atoms with E-state index in [0.29, 0.717) is 6.54 Å². The van der Waals surface area contributed by atoms with Gasteiger partial charge in [0.1, 0.15) is 5.56 Å². The van der Waals surface area contributed by atoms with Crippen molar-refractivity contribution in [2.45, 2.75) is 20.4 Å². The van der Waals surface area contributed by atoms with Gasteiger partial charge in [0.15, 0.2) is 0 Å². The fraction of sp³-hybridized carbons (Fsp3) is 0.136. The van der Waals surface area contributed by atoms with Crippen LogP contribution < -0.4 is 10.9 Å². The summed E-state index contributed by atoms with van der Waals surface area (Å²) in [6.07, 6.45) is 2.53. The number of fused-ring (bicyclic) bond motifs is 1. The van der Waals surface area contributed by atoms with Crippen LogP contribution in [0.3, 0.4) is 0 Å². The molecular formula is C22H20N4O2. The Morgan fingerprint density at radius 3 is 2.68 bits per heavy atom. The van der Waals surface area contributed by atoms with Crippen LogP contribution in [0, 0.1) is 13.8 Å². The van der Waals surface area contributed by atoms with Crippen LogP contribution in [-0.2, 0) is 6.54 Å². The number of carbonyl (C=O) groups is 1. The summed E-state index contributed by atoms with van der Waals surface area (Å²) in [5, 5.41) is 3.95. The molecule has 3 N–H and O–H groups in total. The number of aryl methyl sites for hydroxylation is 2. The van der Waals surface area contributed by atoms with Crippen molar-refractivity contribution in [2.75, 3.05) is 0 Å². The van der Waals surface area contributed by atoms with E-state index in [-0.39, 0.29) is 5.56 Å². The molecule has 0 radical (unpaired) electrons. The summed E-state index contributed by atoms with van der Waals surface area (Å²) in [4.78, 5) is 33.9. The number of aromatic amines is 2. The predicted molar refractivity (Wildman–Crippen MR) is 109 cm³/mol. The van der Waals surface area contributed by atoms with Gasteiger partial charge in [0.2, 0.25) is 0 Å². The van der Waals surface area contributed by atoms with E-state index in [4.69, 9.17) is 0 Å². The first-order chi connectivity index (χ1) is 13.5. The zero-order valence-corrected chi connectivity index (χ0v) is 15.7. The second-order valence-corrected chi connectivity index (χ2v) is 6.81. The molecule has 6 heteroatoms. The lowest BCUT2D eigenvalue weighted by molar-refractivity contribution is 0.0949. The van der Waals surface area contributed by atoms with E-state index < -0.39 is 11.5 Å². The number of nitrogens with one attached hydrogen (secondary N) is 3. The highest BCUT2D eigenvalue weighted by Gasteiger charge is 2.15. The minimum absolute atomic E-state index is 0.000891. The molecule has 140 valence electrons. The average Bonchev–Trinajstić information content (AvgIpc) is 3.03. The third kappa shape index (κ3) is 3.20. The zero-order chi connectivity index (χ0) is 19.7. The van der Waals surface area contributed by atoms with Crippen LogP contribution in [0.5, 0.6) is 0 Å². The Balaban J connectivity index is 1.70. The van der Waals surface area contributed by atoms with Gasteiger partial charge in [-0.3, -0.25) is 9.59 Å². The van der Waals surface area contributed by atoms with Crippen molar-refractivity contribution >= 4 is 16.8 Å². The monoisotopic (exact) mass is 372 g/mol. The number of amides is 1. The molecule has 0 bridgehead atoms. The highest BCUT2D eigenvalue weighted by molar-refractivity contribution is 5.95. The third-order valence-corrected chi connectivity index (χ3v) is 4.86. The van der Waals surface area contributed by atoms with Crippen LogP contribution in [-0.4, -0.2) is 20.9 Å². The normalized spacial score (nSPS) is 10.9. The van der Waals surface area contributed by atoms with Crippen molar-refractivity contribution < 1.29 is 4.79 Å². The molecule has 2 aromatic heterocycles. The van der Waals surface area contributed by atoms with Gasteiger partial charge in [0.25, 0.3) is 11.5 Å². The van der Waals surface area contributed by atoms with Crippen molar-refractivity contribution in [3.63, 3.8) is 0 Å². The van der Waals surface area contributed by atoms with Crippen LogP contribution in [0.2, 0.25) is 0 Å². The number of aromatic nitrogens is 3. The Morgan fingerprint density at radius 1 is 1.14 bits per heavy atom. The van der Waals surface area contributed by atoms with Gasteiger partial charge >= 0.3 is 0 Å². The van der Waals surface area contributed by atoms with E-state index in [1.54, 1.807) is 0 Å². The fourth-order valence-corrected chi connectivity index (χ4v) is 3.47. The van der Waals surface area contributed by atoms with Crippen molar-refractivity contribution in [2.24, 2.45) is 0 Å². The molecule has 6 nitrogen and oxygen atoms in total. The molecule has 1 amide bonds. The lowest BCUT2D eigenvalue weighted by Gasteiger charge is -2.08. The molecule has 0 fully saturated rings. The second-order valence-electron chi connectivity index (χ2n) is 6.81. The molecule has 4 aromatic rings. The Hall–Kier alpha value is -3.67. The van der Waals surface area contributed by atoms with E-state index in [0.717, 1.165) is 33.3 Å². The van der Waals surface area contributed by atoms with Gasteiger partial charge in [-0.2, -0.15) is 0 Å². The minimum atomic E-state index is -0.455. The first-order valence-electron chi connectivity index (χ1n) is 9.02. The van der Waals surface area contributed by atoms with Gasteiger partial charge in [-0.15, -0.1) is 0 Å². The van der Waals surface area contributed by atoms with Gasteiger partial charge < -0.3 is 15.3 Å². The maximum Gasteiger partial charge on any atom is 0.263 e. The summed E-state index contributed by atoms with van der Waals surface area (Å²) in [7, 11) is 0. The molecular weight excluding hydrogens is 352 g/mol. The highest BCUT2D eigenvalue weighted by Crippen LogP contribution is 2.32. The number of rotatable bonds is 4. The SMILES string of the molecule is Cc1cc(CNC(=O)c2cnc[nH]c2=O)c2[nH]c(-c3ccccc3)c(C)c2c1. The van der Waals surface area contributed by atoms with Crippen molar-refractivity contribution in [3.8, 4) is 11.3 Å². The number of hydrogen-bond donors (Lipinski definition) is 3. The quantitative estimate of drug-likeness (QED) is 0.512. The van der Waals surface area contributed by atoms with Crippen LogP contribution in [0.25, 0.3) is 22.2 Å². The second kappa shape index (κ2) is 7.15. The Labute approximate surface area is 161 Å². The molecule has 4 rings (SSSR count). The molecule has 0 aliphatic rings. The van der Waals surface area contributed by atoms with Crippen molar-refractivity contribution in [3.05, 3.63) is 87.6 Å². The first kappa shape index (κ1) is 17.7. The van der Waals surface area contributed by atoms with E-state index >= 15 is 0 Å². The number of nitrogens with zero attached hydrogens (tertiary/aromatic N) is 1. The summed E-state index contributed by atoms with van der Waals surface area (Å²) in [6, 6.07) is 14.3. The third-order valence-electron chi connectivity index (χ3n) is 4.86. The summed E-state index contributed by atoms with van der Waals surface area (Å²) in [5.41, 5.74) is 5.96. The molecule has 2 heterocycles. The lowest BCUT2D eigenvalue weighted by Crippen LogP contribution is -2.29. The summed E-state index contributed by atoms with van der Waals surface area (Å²) in [5.74, 6) is -0.449. The lowest BCUT2D eigenvalue weighted by atomic mass is 10.0. The molecule has 0 atom stereocenters. The molecule has 0 saturated carbocycles. The minimum Gasteiger partial charge on any atom is -0.354 e. The van der Waals surface area contributed by atoms with Gasteiger partial charge in [0.05, 0.1) is 11.8 Å². The van der Waals surface area contributed by atoms with Crippen LogP contribution in [0.15, 0.2) is 59.8 Å². The molecule has 0 saturated heterocycles. The van der Waals surface area contributed by atoms with E-state index in [9.17, 15) is 9.59 Å². The smallest absolute Gasteiger partial charge is 0.263 e. The number of H-pyrrole nitrogens is 2. The van der Waals surface area contributed by atoms with Crippen molar-refractivity contribution in [1.29, 1.82) is 0 Å². The predicted octanol–water partition coefficient (Wildman–Crippen LogP) is 3.47. The molecule has 0 spiro atoms. The number of hydrogen-bond acceptors (Lipinski definition) is 3. The number of carbonyl (C=O) groups excluding carboxylic acids is 1. The summed E-state index contributed by atoms with van der Waals surface area (Å²) < 4.78 is 0.